The molecule has 0 radical (unpaired) electrons. The van der Waals surface area contributed by atoms with Crippen molar-refractivity contribution in [2.45, 2.75) is 0 Å². The zero-order valence-electron chi connectivity index (χ0n) is 8.15. The summed E-state index contributed by atoms with van der Waals surface area (Å²) in [6.07, 6.45) is 1.52. The van der Waals surface area contributed by atoms with E-state index >= 15 is 0 Å². The lowest BCUT2D eigenvalue weighted by molar-refractivity contribution is 1.33. The molecule has 2 rings (SSSR count). The first-order valence-corrected chi connectivity index (χ1v) is 6.35. The van der Waals surface area contributed by atoms with Crippen molar-refractivity contribution in [3.8, 4) is 11.1 Å². The fourth-order valence-corrected chi connectivity index (χ4v) is 2.48. The van der Waals surface area contributed by atoms with Crippen molar-refractivity contribution in [3.05, 3.63) is 49.6 Å². The van der Waals surface area contributed by atoms with Crippen LogP contribution < -0.4 is 0 Å². The molecule has 0 spiro atoms. The van der Waals surface area contributed by atoms with Crippen molar-refractivity contribution in [1.29, 1.82) is 0 Å². The Bertz CT molecular complexity index is 582. The molecule has 6 heteroatoms. The van der Waals surface area contributed by atoms with Gasteiger partial charge in [-0.2, -0.15) is 0 Å². The number of pyridine rings is 1. The first-order valence-electron chi connectivity index (χ1n) is 4.46. The minimum atomic E-state index is 0.191. The molecular formula is C11H4Cl5N. The topological polar surface area (TPSA) is 12.9 Å². The van der Waals surface area contributed by atoms with Crippen molar-refractivity contribution in [3.63, 3.8) is 0 Å². The predicted molar refractivity (Wildman–Crippen MR) is 74.7 cm³/mol. The molecule has 88 valence electrons. The molecule has 0 unspecified atom stereocenters. The monoisotopic (exact) mass is 325 g/mol. The van der Waals surface area contributed by atoms with Gasteiger partial charge in [0.1, 0.15) is 5.15 Å². The third kappa shape index (κ3) is 2.49. The second kappa shape index (κ2) is 5.21. The van der Waals surface area contributed by atoms with E-state index in [0.29, 0.717) is 31.2 Å². The predicted octanol–water partition coefficient (Wildman–Crippen LogP) is 6.02. The first kappa shape index (κ1) is 13.3. The van der Waals surface area contributed by atoms with Crippen LogP contribution in [0.5, 0.6) is 0 Å². The second-order valence-corrected chi connectivity index (χ2v) is 5.11. The molecule has 1 aromatic heterocycles. The van der Waals surface area contributed by atoms with Gasteiger partial charge in [-0.1, -0.05) is 58.0 Å². The van der Waals surface area contributed by atoms with Crippen LogP contribution in [-0.4, -0.2) is 4.98 Å². The second-order valence-electron chi connectivity index (χ2n) is 3.18. The maximum absolute atomic E-state index is 6.12. The minimum absolute atomic E-state index is 0.191. The van der Waals surface area contributed by atoms with Crippen molar-refractivity contribution >= 4 is 58.0 Å². The van der Waals surface area contributed by atoms with E-state index in [2.05, 4.69) is 4.98 Å². The Kier molecular flexibility index (Phi) is 4.06. The van der Waals surface area contributed by atoms with Crippen LogP contribution in [0.25, 0.3) is 11.1 Å². The van der Waals surface area contributed by atoms with Gasteiger partial charge in [0.25, 0.3) is 0 Å². The molecule has 0 amide bonds. The number of nitrogens with zero attached hydrogens (tertiary/aromatic N) is 1. The normalized spacial score (nSPS) is 10.6. The molecule has 0 saturated carbocycles. The Hall–Kier alpha value is -0.180. The summed E-state index contributed by atoms with van der Waals surface area (Å²) < 4.78 is 0. The number of halogens is 5. The molecule has 0 aliphatic heterocycles. The fourth-order valence-electron chi connectivity index (χ4n) is 1.39. The van der Waals surface area contributed by atoms with Gasteiger partial charge in [-0.15, -0.1) is 0 Å². The van der Waals surface area contributed by atoms with Gasteiger partial charge in [-0.05, 0) is 18.2 Å². The zero-order chi connectivity index (χ0) is 12.6. The summed E-state index contributed by atoms with van der Waals surface area (Å²) in [5.41, 5.74) is 1.15. The van der Waals surface area contributed by atoms with Gasteiger partial charge in [0.15, 0.2) is 0 Å². The van der Waals surface area contributed by atoms with Gasteiger partial charge in [-0.25, -0.2) is 4.98 Å². The van der Waals surface area contributed by atoms with E-state index in [1.54, 1.807) is 18.2 Å². The van der Waals surface area contributed by atoms with E-state index in [1.807, 2.05) is 0 Å². The van der Waals surface area contributed by atoms with Crippen molar-refractivity contribution in [1.82, 2.24) is 4.98 Å². The highest BCUT2D eigenvalue weighted by Gasteiger charge is 2.16. The Labute approximate surface area is 123 Å². The lowest BCUT2D eigenvalue weighted by atomic mass is 10.1. The largest absolute Gasteiger partial charge is 0.243 e. The SMILES string of the molecule is Clc1ccc(Cl)c(-c2ccnc(Cl)c2Cl)c1Cl. The first-order chi connectivity index (χ1) is 8.02. The average molecular weight is 327 g/mol. The van der Waals surface area contributed by atoms with Crippen LogP contribution in [-0.2, 0) is 0 Å². The lowest BCUT2D eigenvalue weighted by Gasteiger charge is -2.10. The van der Waals surface area contributed by atoms with E-state index < -0.39 is 0 Å². The molecule has 0 aliphatic rings. The van der Waals surface area contributed by atoms with Crippen LogP contribution in [0.15, 0.2) is 24.4 Å². The van der Waals surface area contributed by atoms with Crippen LogP contribution in [0, 0.1) is 0 Å². The lowest BCUT2D eigenvalue weighted by Crippen LogP contribution is -1.87. The van der Waals surface area contributed by atoms with Gasteiger partial charge in [-0.3, -0.25) is 0 Å². The molecule has 0 fully saturated rings. The smallest absolute Gasteiger partial charge is 0.148 e. The summed E-state index contributed by atoms with van der Waals surface area (Å²) in [6, 6.07) is 4.94. The summed E-state index contributed by atoms with van der Waals surface area (Å²) in [5, 5.41) is 1.67. The molecule has 0 atom stereocenters. The Morgan fingerprint density at radius 3 is 2.12 bits per heavy atom. The highest BCUT2D eigenvalue weighted by atomic mass is 35.5. The van der Waals surface area contributed by atoms with Crippen molar-refractivity contribution in [2.75, 3.05) is 0 Å². The molecule has 0 N–H and O–H groups in total. The van der Waals surface area contributed by atoms with Gasteiger partial charge in [0, 0.05) is 17.3 Å². The summed E-state index contributed by atoms with van der Waals surface area (Å²) in [6.45, 7) is 0. The maximum Gasteiger partial charge on any atom is 0.148 e. The molecule has 0 bridgehead atoms. The molecule has 0 saturated heterocycles. The number of benzene rings is 1. The highest BCUT2D eigenvalue weighted by Crippen LogP contribution is 2.42. The van der Waals surface area contributed by atoms with Crippen LogP contribution >= 0.6 is 58.0 Å². The third-order valence-corrected chi connectivity index (χ3v) is 4.05. The fraction of sp³-hybridized carbons (Fsp3) is 0. The highest BCUT2D eigenvalue weighted by molar-refractivity contribution is 6.48. The minimum Gasteiger partial charge on any atom is -0.243 e. The third-order valence-electron chi connectivity index (χ3n) is 2.16. The van der Waals surface area contributed by atoms with Gasteiger partial charge in [0.2, 0.25) is 0 Å². The van der Waals surface area contributed by atoms with Crippen LogP contribution in [0.2, 0.25) is 25.2 Å². The number of rotatable bonds is 1. The zero-order valence-corrected chi connectivity index (χ0v) is 11.9. The van der Waals surface area contributed by atoms with E-state index in [9.17, 15) is 0 Å². The van der Waals surface area contributed by atoms with E-state index in [4.69, 9.17) is 58.0 Å². The summed E-state index contributed by atoms with van der Waals surface area (Å²) in [4.78, 5) is 3.86. The van der Waals surface area contributed by atoms with Crippen LogP contribution in [0.3, 0.4) is 0 Å². The van der Waals surface area contributed by atoms with E-state index in [0.717, 1.165) is 0 Å². The maximum atomic E-state index is 6.12. The number of hydrogen-bond acceptors (Lipinski definition) is 1. The molecule has 17 heavy (non-hydrogen) atoms. The Balaban J connectivity index is 2.77. The van der Waals surface area contributed by atoms with Gasteiger partial charge < -0.3 is 0 Å². The Morgan fingerprint density at radius 1 is 0.765 bits per heavy atom. The van der Waals surface area contributed by atoms with Crippen LogP contribution in [0.1, 0.15) is 0 Å². The molecule has 2 aromatic rings. The van der Waals surface area contributed by atoms with Gasteiger partial charge >= 0.3 is 0 Å². The average Bonchev–Trinajstić information content (AvgIpc) is 2.30. The molecule has 0 aliphatic carbocycles. The Morgan fingerprint density at radius 2 is 1.41 bits per heavy atom. The van der Waals surface area contributed by atoms with Gasteiger partial charge in [0.05, 0.1) is 20.1 Å². The quantitative estimate of drug-likeness (QED) is 0.461. The molecule has 1 heterocycles. The molecule has 1 nitrogen and oxygen atoms in total. The number of aromatic nitrogens is 1. The van der Waals surface area contributed by atoms with Crippen molar-refractivity contribution < 1.29 is 0 Å². The van der Waals surface area contributed by atoms with Crippen LogP contribution in [0.4, 0.5) is 0 Å². The number of hydrogen-bond donors (Lipinski definition) is 0. The summed E-state index contributed by atoms with van der Waals surface area (Å²) in [7, 11) is 0. The standard InChI is InChI=1S/C11H4Cl5N/c12-6-1-2-7(13)10(15)8(6)5-3-4-17-11(16)9(5)14/h1-4H. The molecular weight excluding hydrogens is 323 g/mol. The van der Waals surface area contributed by atoms with E-state index in [1.165, 1.54) is 6.20 Å². The van der Waals surface area contributed by atoms with E-state index in [-0.39, 0.29) is 5.15 Å². The molecule has 1 aromatic carbocycles. The summed E-state index contributed by atoms with van der Waals surface area (Å²) >= 11 is 30.1. The summed E-state index contributed by atoms with van der Waals surface area (Å²) in [5.74, 6) is 0. The van der Waals surface area contributed by atoms with Crippen molar-refractivity contribution in [2.24, 2.45) is 0 Å².